The van der Waals surface area contributed by atoms with Crippen LogP contribution in [0.5, 0.6) is 11.8 Å². The number of nitrogens with zero attached hydrogens (tertiary/aromatic N) is 5. The second kappa shape index (κ2) is 15.8. The van der Waals surface area contributed by atoms with Crippen LogP contribution in [0.1, 0.15) is 43.7 Å². The number of pyridine rings is 3. The number of aliphatic hydroxyl groups is 1. The van der Waals surface area contributed by atoms with Gasteiger partial charge in [0.2, 0.25) is 17.7 Å². The number of amides is 1. The summed E-state index contributed by atoms with van der Waals surface area (Å²) in [4.78, 5) is 30.1. The molecule has 0 saturated carbocycles. The first kappa shape index (κ1) is 35.0. The number of likely N-dealkylation sites (tertiary alicyclic amines) is 2. The minimum absolute atomic E-state index is 0.127. The third-order valence-corrected chi connectivity index (χ3v) is 10.2. The van der Waals surface area contributed by atoms with Crippen LogP contribution in [0.2, 0.25) is 10.0 Å². The Kier molecular flexibility index (Phi) is 11.3. The maximum atomic E-state index is 11.7. The van der Waals surface area contributed by atoms with E-state index in [2.05, 4.69) is 15.2 Å². The summed E-state index contributed by atoms with van der Waals surface area (Å²) in [5, 5.41) is 14.4. The molecule has 12 heteroatoms. The molecule has 5 heterocycles. The van der Waals surface area contributed by atoms with Crippen molar-refractivity contribution >= 4 is 29.1 Å². The van der Waals surface area contributed by atoms with E-state index in [1.807, 2.05) is 53.4 Å². The highest BCUT2D eigenvalue weighted by atomic mass is 35.5. The quantitative estimate of drug-likeness (QED) is 0.198. The van der Waals surface area contributed by atoms with Crippen molar-refractivity contribution in [3.8, 4) is 45.5 Å². The molecular formula is C37H42Cl2N6O4. The molecule has 3 aromatic heterocycles. The van der Waals surface area contributed by atoms with Crippen LogP contribution in [0.25, 0.3) is 33.8 Å². The highest BCUT2D eigenvalue weighted by Gasteiger charge is 2.23. The first-order chi connectivity index (χ1) is 23.7. The smallest absolute Gasteiger partial charge is 0.219 e. The van der Waals surface area contributed by atoms with Crippen molar-refractivity contribution in [2.75, 3.05) is 40.4 Å². The van der Waals surface area contributed by atoms with Crippen molar-refractivity contribution in [1.82, 2.24) is 30.1 Å². The summed E-state index contributed by atoms with van der Waals surface area (Å²) in [5.41, 5.74) is 5.89. The minimum atomic E-state index is -0.223. The Morgan fingerprint density at radius 3 is 2.10 bits per heavy atom. The van der Waals surface area contributed by atoms with E-state index in [0.717, 1.165) is 68.6 Å². The van der Waals surface area contributed by atoms with Gasteiger partial charge in [0.25, 0.3) is 0 Å². The van der Waals surface area contributed by atoms with Crippen molar-refractivity contribution in [3.63, 3.8) is 0 Å². The molecule has 2 aliphatic rings. The lowest BCUT2D eigenvalue weighted by atomic mass is 10.0. The van der Waals surface area contributed by atoms with Crippen LogP contribution in [0, 0.1) is 0 Å². The molecule has 6 rings (SSSR count). The van der Waals surface area contributed by atoms with E-state index in [-0.39, 0.29) is 12.0 Å². The number of nitrogens with one attached hydrogen (secondary N) is 1. The van der Waals surface area contributed by atoms with Gasteiger partial charge in [-0.15, -0.1) is 0 Å². The Balaban J connectivity index is 1.22. The number of methoxy groups -OCH3 is 2. The lowest BCUT2D eigenvalue weighted by molar-refractivity contribution is -0.129. The number of hydrogen-bond acceptors (Lipinski definition) is 9. The monoisotopic (exact) mass is 704 g/mol. The minimum Gasteiger partial charge on any atom is -0.481 e. The van der Waals surface area contributed by atoms with E-state index in [9.17, 15) is 9.90 Å². The van der Waals surface area contributed by atoms with Crippen molar-refractivity contribution < 1.29 is 19.4 Å². The number of halogens is 2. The van der Waals surface area contributed by atoms with Gasteiger partial charge >= 0.3 is 0 Å². The Morgan fingerprint density at radius 2 is 1.45 bits per heavy atom. The summed E-state index contributed by atoms with van der Waals surface area (Å²) in [7, 11) is 3.23. The summed E-state index contributed by atoms with van der Waals surface area (Å²) < 4.78 is 11.4. The van der Waals surface area contributed by atoms with Gasteiger partial charge in [-0.05, 0) is 43.9 Å². The van der Waals surface area contributed by atoms with Gasteiger partial charge in [0.1, 0.15) is 0 Å². The molecule has 1 aromatic carbocycles. The number of carbonyl (C=O) groups excluding carboxylic acids is 1. The summed E-state index contributed by atoms with van der Waals surface area (Å²) in [5.74, 6) is 1.18. The van der Waals surface area contributed by atoms with Gasteiger partial charge in [-0.25, -0.2) is 9.97 Å². The Bertz CT molecular complexity index is 1790. The van der Waals surface area contributed by atoms with Gasteiger partial charge in [-0.2, -0.15) is 0 Å². The van der Waals surface area contributed by atoms with Crippen LogP contribution in [0.15, 0.2) is 54.7 Å². The highest BCUT2D eigenvalue weighted by Crippen LogP contribution is 2.41. The molecule has 4 aromatic rings. The fraction of sp³-hybridized carbons (Fsp3) is 0.405. The van der Waals surface area contributed by atoms with Crippen LogP contribution in [-0.4, -0.2) is 88.3 Å². The van der Waals surface area contributed by atoms with Crippen molar-refractivity contribution in [1.29, 1.82) is 0 Å². The third-order valence-electron chi connectivity index (χ3n) is 9.43. The fourth-order valence-electron chi connectivity index (χ4n) is 6.56. The standard InChI is InChI=1S/C37H42Cl2N6O4/c1-23(46)45-19-12-26(13-20-45)41-21-24-7-9-32(42-36(24)48-2)29-11-16-40-35(34(29)39)30-6-4-5-28(33(30)38)31-10-8-25(37(43-31)49-3)22-44-17-14-27(47)15-18-44/h4-11,16,26-27,41,47H,12-15,17-22H2,1-3H3. The number of carbonyl (C=O) groups is 1. The average molecular weight is 706 g/mol. The molecule has 2 saturated heterocycles. The van der Waals surface area contributed by atoms with Crippen LogP contribution < -0.4 is 14.8 Å². The second-order valence-corrected chi connectivity index (χ2v) is 13.3. The SMILES string of the molecule is COc1nc(-c2cccc(-c3nccc(-c4ccc(CNC5CCN(C(C)=O)CC5)c(OC)n4)c3Cl)c2Cl)ccc1CN1CCC(O)CC1. The Hall–Kier alpha value is -3.80. The zero-order chi connectivity index (χ0) is 34.5. The van der Waals surface area contributed by atoms with Crippen LogP contribution in [-0.2, 0) is 17.9 Å². The largest absolute Gasteiger partial charge is 0.481 e. The van der Waals surface area contributed by atoms with Crippen molar-refractivity contribution in [3.05, 3.63) is 75.9 Å². The number of rotatable bonds is 10. The number of benzene rings is 1. The zero-order valence-corrected chi connectivity index (χ0v) is 29.6. The second-order valence-electron chi connectivity index (χ2n) is 12.6. The average Bonchev–Trinajstić information content (AvgIpc) is 3.12. The fourth-order valence-corrected chi connectivity index (χ4v) is 7.18. The molecule has 0 radical (unpaired) electrons. The molecule has 0 spiro atoms. The predicted molar refractivity (Wildman–Crippen MR) is 192 cm³/mol. The lowest BCUT2D eigenvalue weighted by Gasteiger charge is -2.31. The number of piperidine rings is 2. The van der Waals surface area contributed by atoms with Gasteiger partial charge < -0.3 is 24.8 Å². The topological polar surface area (TPSA) is 113 Å². The summed E-state index contributed by atoms with van der Waals surface area (Å²) in [6.07, 6.45) is 4.83. The molecule has 1 amide bonds. The lowest BCUT2D eigenvalue weighted by Crippen LogP contribution is -2.44. The maximum absolute atomic E-state index is 11.7. The van der Waals surface area contributed by atoms with Crippen molar-refractivity contribution in [2.45, 2.75) is 57.8 Å². The zero-order valence-electron chi connectivity index (χ0n) is 28.1. The molecule has 49 heavy (non-hydrogen) atoms. The number of aromatic nitrogens is 3. The van der Waals surface area contributed by atoms with Gasteiger partial charge in [0.05, 0.1) is 47.5 Å². The molecule has 0 aliphatic carbocycles. The molecule has 258 valence electrons. The predicted octanol–water partition coefficient (Wildman–Crippen LogP) is 6.25. The highest BCUT2D eigenvalue weighted by molar-refractivity contribution is 6.39. The number of hydrogen-bond donors (Lipinski definition) is 2. The van der Waals surface area contributed by atoms with E-state index in [4.69, 9.17) is 42.6 Å². The molecule has 0 unspecified atom stereocenters. The van der Waals surface area contributed by atoms with Crippen LogP contribution in [0.3, 0.4) is 0 Å². The molecule has 0 bridgehead atoms. The van der Waals surface area contributed by atoms with E-state index in [0.29, 0.717) is 69.1 Å². The summed E-state index contributed by atoms with van der Waals surface area (Å²) >= 11 is 14.1. The normalized spacial score (nSPS) is 16.2. The first-order valence-electron chi connectivity index (χ1n) is 16.7. The molecule has 10 nitrogen and oxygen atoms in total. The van der Waals surface area contributed by atoms with Gasteiger partial charge in [-0.3, -0.25) is 14.7 Å². The molecule has 2 fully saturated rings. The molecular weight excluding hydrogens is 663 g/mol. The molecule has 0 atom stereocenters. The Morgan fingerprint density at radius 1 is 0.837 bits per heavy atom. The van der Waals surface area contributed by atoms with Gasteiger partial charge in [0.15, 0.2) is 0 Å². The summed E-state index contributed by atoms with van der Waals surface area (Å²) in [6.45, 7) is 6.11. The molecule has 2 N–H and O–H groups in total. The summed E-state index contributed by atoms with van der Waals surface area (Å²) in [6, 6.07) is 15.8. The van der Waals surface area contributed by atoms with E-state index >= 15 is 0 Å². The van der Waals surface area contributed by atoms with Crippen LogP contribution >= 0.6 is 23.2 Å². The number of aliphatic hydroxyl groups excluding tert-OH is 1. The van der Waals surface area contributed by atoms with E-state index < -0.39 is 0 Å². The maximum Gasteiger partial charge on any atom is 0.219 e. The Labute approximate surface area is 297 Å². The van der Waals surface area contributed by atoms with Crippen molar-refractivity contribution in [2.24, 2.45) is 0 Å². The van der Waals surface area contributed by atoms with E-state index in [1.54, 1.807) is 27.3 Å². The van der Waals surface area contributed by atoms with E-state index in [1.165, 1.54) is 0 Å². The van der Waals surface area contributed by atoms with Gasteiger partial charge in [-0.1, -0.05) is 53.5 Å². The number of ether oxygens (including phenoxy) is 2. The third kappa shape index (κ3) is 8.00. The van der Waals surface area contributed by atoms with Crippen LogP contribution in [0.4, 0.5) is 0 Å². The molecule has 2 aliphatic heterocycles. The van der Waals surface area contributed by atoms with Gasteiger partial charge in [0, 0.05) is 86.2 Å². The first-order valence-corrected chi connectivity index (χ1v) is 17.4.